The first-order valence-electron chi connectivity index (χ1n) is 5.72. The fourth-order valence-corrected chi connectivity index (χ4v) is 1.49. The number of benzene rings is 1. The second-order valence-electron chi connectivity index (χ2n) is 3.79. The number of Topliss-reactive ketones (excluding diaryl/α,β-unsaturated/α-hetero) is 1. The smallest absolute Gasteiger partial charge is 0.220 e. The molecule has 0 aliphatic carbocycles. The molecule has 1 amide bonds. The van der Waals surface area contributed by atoms with Gasteiger partial charge in [0.2, 0.25) is 5.91 Å². The molecule has 0 saturated heterocycles. The molecule has 1 N–H and O–H groups in total. The van der Waals surface area contributed by atoms with Gasteiger partial charge in [0.1, 0.15) is 11.6 Å². The monoisotopic (exact) mass is 253 g/mol. The van der Waals surface area contributed by atoms with Crippen molar-refractivity contribution in [2.75, 3.05) is 13.7 Å². The third-order valence-corrected chi connectivity index (χ3v) is 2.39. The number of ether oxygens (including phenoxy) is 1. The maximum atomic E-state index is 13.1. The minimum absolute atomic E-state index is 0.134. The van der Waals surface area contributed by atoms with Gasteiger partial charge in [-0.1, -0.05) is 6.92 Å². The van der Waals surface area contributed by atoms with Crippen molar-refractivity contribution in [3.63, 3.8) is 0 Å². The molecule has 0 radical (unpaired) electrons. The number of amides is 1. The Bertz CT molecular complexity index is 446. The molecule has 0 aliphatic heterocycles. The molecular weight excluding hydrogens is 237 g/mol. The lowest BCUT2D eigenvalue weighted by molar-refractivity contribution is -0.120. The van der Waals surface area contributed by atoms with Crippen LogP contribution in [0.4, 0.5) is 4.39 Å². The van der Waals surface area contributed by atoms with E-state index in [2.05, 4.69) is 5.32 Å². The molecule has 1 aromatic rings. The molecule has 1 rings (SSSR count). The molecule has 1 aromatic carbocycles. The topological polar surface area (TPSA) is 55.4 Å². The van der Waals surface area contributed by atoms with Crippen LogP contribution in [0.3, 0.4) is 0 Å². The van der Waals surface area contributed by atoms with Crippen molar-refractivity contribution in [1.29, 1.82) is 0 Å². The summed E-state index contributed by atoms with van der Waals surface area (Å²) in [6.07, 6.45) is 1.08. The van der Waals surface area contributed by atoms with Crippen molar-refractivity contribution < 1.29 is 18.7 Å². The Hall–Kier alpha value is -1.91. The summed E-state index contributed by atoms with van der Waals surface area (Å²) in [4.78, 5) is 23.1. The van der Waals surface area contributed by atoms with Gasteiger partial charge in [0.15, 0.2) is 5.78 Å². The van der Waals surface area contributed by atoms with Crippen molar-refractivity contribution in [3.05, 3.63) is 29.6 Å². The molecule has 0 fully saturated rings. The maximum absolute atomic E-state index is 13.1. The Labute approximate surface area is 105 Å². The molecule has 4 nitrogen and oxygen atoms in total. The number of halogens is 1. The summed E-state index contributed by atoms with van der Waals surface area (Å²) in [5.41, 5.74) is 0.134. The van der Waals surface area contributed by atoms with E-state index in [4.69, 9.17) is 4.74 Å². The second kappa shape index (κ2) is 6.74. The zero-order valence-electron chi connectivity index (χ0n) is 10.5. The maximum Gasteiger partial charge on any atom is 0.220 e. The molecule has 98 valence electrons. The van der Waals surface area contributed by atoms with Gasteiger partial charge in [0.25, 0.3) is 0 Å². The minimum atomic E-state index is -0.515. The van der Waals surface area contributed by atoms with Gasteiger partial charge in [-0.15, -0.1) is 0 Å². The second-order valence-corrected chi connectivity index (χ2v) is 3.79. The molecule has 0 saturated carbocycles. The lowest BCUT2D eigenvalue weighted by atomic mass is 10.1. The van der Waals surface area contributed by atoms with Crippen molar-refractivity contribution in [2.45, 2.75) is 19.8 Å². The molecule has 0 heterocycles. The van der Waals surface area contributed by atoms with Crippen molar-refractivity contribution >= 4 is 11.7 Å². The van der Waals surface area contributed by atoms with Gasteiger partial charge >= 0.3 is 0 Å². The lowest BCUT2D eigenvalue weighted by Crippen LogP contribution is -2.29. The van der Waals surface area contributed by atoms with Gasteiger partial charge in [0, 0.05) is 6.42 Å². The Morgan fingerprint density at radius 2 is 2.11 bits per heavy atom. The Morgan fingerprint density at radius 3 is 2.72 bits per heavy atom. The highest BCUT2D eigenvalue weighted by Crippen LogP contribution is 2.19. The first-order valence-corrected chi connectivity index (χ1v) is 5.72. The van der Waals surface area contributed by atoms with E-state index in [-0.39, 0.29) is 23.8 Å². The number of ketones is 1. The summed E-state index contributed by atoms with van der Waals surface area (Å²) in [7, 11) is 1.40. The van der Waals surface area contributed by atoms with Crippen LogP contribution in [0.1, 0.15) is 30.1 Å². The Morgan fingerprint density at radius 1 is 1.39 bits per heavy atom. The summed E-state index contributed by atoms with van der Waals surface area (Å²) in [6.45, 7) is 1.72. The molecule has 5 heteroatoms. The lowest BCUT2D eigenvalue weighted by Gasteiger charge is -2.08. The standard InChI is InChI=1S/C13H16FNO3/c1-3-4-13(17)15-8-11(16)10-7-9(14)5-6-12(10)18-2/h5-7H,3-4,8H2,1-2H3,(H,15,17). The van der Waals surface area contributed by atoms with Crippen LogP contribution in [0.15, 0.2) is 18.2 Å². The van der Waals surface area contributed by atoms with Crippen LogP contribution < -0.4 is 10.1 Å². The van der Waals surface area contributed by atoms with Gasteiger partial charge in [0.05, 0.1) is 19.2 Å². The highest BCUT2D eigenvalue weighted by atomic mass is 19.1. The first kappa shape index (κ1) is 14.2. The van der Waals surface area contributed by atoms with Gasteiger partial charge in [-0.25, -0.2) is 4.39 Å². The number of rotatable bonds is 6. The third kappa shape index (κ3) is 3.84. The van der Waals surface area contributed by atoms with Crippen LogP contribution in [0.25, 0.3) is 0 Å². The van der Waals surface area contributed by atoms with E-state index in [1.807, 2.05) is 6.92 Å². The average molecular weight is 253 g/mol. The summed E-state index contributed by atoms with van der Waals surface area (Å²) < 4.78 is 18.0. The number of methoxy groups -OCH3 is 1. The number of carbonyl (C=O) groups excluding carboxylic acids is 2. The molecule has 0 atom stereocenters. The summed E-state index contributed by atoms with van der Waals surface area (Å²) in [5.74, 6) is -0.790. The fraction of sp³-hybridized carbons (Fsp3) is 0.385. The number of carbonyl (C=O) groups is 2. The predicted octanol–water partition coefficient (Wildman–Crippen LogP) is 1.93. The zero-order valence-corrected chi connectivity index (χ0v) is 10.5. The fourth-order valence-electron chi connectivity index (χ4n) is 1.49. The average Bonchev–Trinajstić information content (AvgIpc) is 2.36. The summed E-state index contributed by atoms with van der Waals surface area (Å²) in [6, 6.07) is 3.70. The number of nitrogens with one attached hydrogen (secondary N) is 1. The van der Waals surface area contributed by atoms with Gasteiger partial charge in [-0.2, -0.15) is 0 Å². The molecule has 0 spiro atoms. The number of hydrogen-bond acceptors (Lipinski definition) is 3. The highest BCUT2D eigenvalue weighted by molar-refractivity contribution is 6.01. The predicted molar refractivity (Wildman–Crippen MR) is 65.2 cm³/mol. The van der Waals surface area contributed by atoms with E-state index < -0.39 is 5.82 Å². The quantitative estimate of drug-likeness (QED) is 0.788. The summed E-state index contributed by atoms with van der Waals surface area (Å²) >= 11 is 0. The molecule has 0 unspecified atom stereocenters. The van der Waals surface area contributed by atoms with Crippen molar-refractivity contribution in [1.82, 2.24) is 5.32 Å². The van der Waals surface area contributed by atoms with Gasteiger partial charge in [-0.05, 0) is 24.6 Å². The summed E-state index contributed by atoms with van der Waals surface area (Å²) in [5, 5.41) is 2.49. The van der Waals surface area contributed by atoms with E-state index in [1.54, 1.807) is 0 Å². The highest BCUT2D eigenvalue weighted by Gasteiger charge is 2.14. The zero-order chi connectivity index (χ0) is 13.5. The number of hydrogen-bond donors (Lipinski definition) is 1. The SMILES string of the molecule is CCCC(=O)NCC(=O)c1cc(F)ccc1OC. The van der Waals surface area contributed by atoms with Crippen LogP contribution in [-0.4, -0.2) is 25.3 Å². The van der Waals surface area contributed by atoms with Crippen LogP contribution in [0.2, 0.25) is 0 Å². The first-order chi connectivity index (χ1) is 8.58. The van der Waals surface area contributed by atoms with Crippen LogP contribution in [0.5, 0.6) is 5.75 Å². The Balaban J connectivity index is 2.71. The van der Waals surface area contributed by atoms with Crippen molar-refractivity contribution in [2.24, 2.45) is 0 Å². The molecule has 18 heavy (non-hydrogen) atoms. The van der Waals surface area contributed by atoms with Crippen LogP contribution in [0, 0.1) is 5.82 Å². The van der Waals surface area contributed by atoms with Crippen LogP contribution >= 0.6 is 0 Å². The van der Waals surface area contributed by atoms with Gasteiger partial charge in [-0.3, -0.25) is 9.59 Å². The van der Waals surface area contributed by atoms with E-state index in [0.717, 1.165) is 6.07 Å². The van der Waals surface area contributed by atoms with E-state index >= 15 is 0 Å². The largest absolute Gasteiger partial charge is 0.496 e. The molecule has 0 aromatic heterocycles. The van der Waals surface area contributed by atoms with Crippen molar-refractivity contribution in [3.8, 4) is 5.75 Å². The normalized spacial score (nSPS) is 9.94. The van der Waals surface area contributed by atoms with E-state index in [9.17, 15) is 14.0 Å². The third-order valence-electron chi connectivity index (χ3n) is 2.39. The Kier molecular flexibility index (Phi) is 5.30. The molecule has 0 bridgehead atoms. The molecule has 0 aliphatic rings. The van der Waals surface area contributed by atoms with E-state index in [1.165, 1.54) is 19.2 Å². The van der Waals surface area contributed by atoms with Gasteiger partial charge < -0.3 is 10.1 Å². The molecular formula is C13H16FNO3. The minimum Gasteiger partial charge on any atom is -0.496 e. The van der Waals surface area contributed by atoms with Crippen LogP contribution in [-0.2, 0) is 4.79 Å². The van der Waals surface area contributed by atoms with E-state index in [0.29, 0.717) is 18.6 Å².